The lowest BCUT2D eigenvalue weighted by Gasteiger charge is -2.44. The zero-order valence-corrected chi connectivity index (χ0v) is 14.0. The van der Waals surface area contributed by atoms with Crippen molar-refractivity contribution < 1.29 is 9.59 Å². The predicted molar refractivity (Wildman–Crippen MR) is 89.1 cm³/mol. The number of carbonyl (C=O) groups excluding carboxylic acids is 2. The van der Waals surface area contributed by atoms with Crippen LogP contribution in [0.4, 0.5) is 0 Å². The molecule has 2 heterocycles. The summed E-state index contributed by atoms with van der Waals surface area (Å²) in [6.07, 6.45) is 1.62. The molecule has 23 heavy (non-hydrogen) atoms. The van der Waals surface area contributed by atoms with Gasteiger partial charge in [-0.25, -0.2) is 0 Å². The van der Waals surface area contributed by atoms with Gasteiger partial charge >= 0.3 is 0 Å². The van der Waals surface area contributed by atoms with Crippen LogP contribution in [-0.4, -0.2) is 73.3 Å². The van der Waals surface area contributed by atoms with E-state index in [4.69, 9.17) is 0 Å². The van der Waals surface area contributed by atoms with Crippen molar-refractivity contribution in [2.75, 3.05) is 46.8 Å². The Balaban J connectivity index is 1.90. The molecular weight excluding hydrogens is 290 g/mol. The summed E-state index contributed by atoms with van der Waals surface area (Å²) in [5.41, 5.74) is 0.605. The van der Waals surface area contributed by atoms with E-state index in [1.54, 1.807) is 16.8 Å². The van der Waals surface area contributed by atoms with Crippen molar-refractivity contribution in [3.05, 3.63) is 35.9 Å². The van der Waals surface area contributed by atoms with Gasteiger partial charge in [-0.2, -0.15) is 0 Å². The lowest BCUT2D eigenvalue weighted by atomic mass is 9.71. The fraction of sp³-hybridized carbons (Fsp3) is 0.556. The summed E-state index contributed by atoms with van der Waals surface area (Å²) in [5, 5.41) is 0. The summed E-state index contributed by atoms with van der Waals surface area (Å²) in [5.74, 6) is 0.152. The maximum absolute atomic E-state index is 13.4. The topological polar surface area (TPSA) is 43.9 Å². The Kier molecular flexibility index (Phi) is 4.39. The number of amides is 2. The van der Waals surface area contributed by atoms with E-state index in [1.165, 1.54) is 0 Å². The van der Waals surface area contributed by atoms with Gasteiger partial charge in [-0.05, 0) is 38.5 Å². The van der Waals surface area contributed by atoms with Crippen molar-refractivity contribution in [1.29, 1.82) is 0 Å². The van der Waals surface area contributed by atoms with Crippen LogP contribution in [0.15, 0.2) is 30.3 Å². The van der Waals surface area contributed by atoms with Gasteiger partial charge in [-0.3, -0.25) is 9.59 Å². The van der Waals surface area contributed by atoms with Gasteiger partial charge in [-0.1, -0.05) is 30.3 Å². The minimum atomic E-state index is -0.482. The monoisotopic (exact) mass is 315 g/mol. The molecule has 2 aliphatic heterocycles. The summed E-state index contributed by atoms with van der Waals surface area (Å²) in [4.78, 5) is 31.1. The second-order valence-corrected chi connectivity index (χ2v) is 6.79. The molecule has 2 saturated heterocycles. The predicted octanol–water partition coefficient (Wildman–Crippen LogP) is 0.951. The Hall–Kier alpha value is -1.88. The Morgan fingerprint density at radius 1 is 1.00 bits per heavy atom. The first kappa shape index (κ1) is 16.0. The summed E-state index contributed by atoms with van der Waals surface area (Å²) in [6.45, 7) is 3.27. The number of nitrogens with zero attached hydrogens (tertiary/aromatic N) is 3. The zero-order valence-electron chi connectivity index (χ0n) is 14.0. The van der Waals surface area contributed by atoms with Gasteiger partial charge in [0.1, 0.15) is 0 Å². The van der Waals surface area contributed by atoms with Gasteiger partial charge in [0.25, 0.3) is 0 Å². The number of carbonyl (C=O) groups is 2. The summed E-state index contributed by atoms with van der Waals surface area (Å²) in [7, 11) is 3.89. The van der Waals surface area contributed by atoms with Gasteiger partial charge in [0.15, 0.2) is 0 Å². The fourth-order valence-corrected chi connectivity index (χ4v) is 3.62. The number of piperazine rings is 1. The van der Waals surface area contributed by atoms with Crippen LogP contribution in [0.5, 0.6) is 0 Å². The van der Waals surface area contributed by atoms with E-state index >= 15 is 0 Å². The Labute approximate surface area is 137 Å². The van der Waals surface area contributed by atoms with Crippen LogP contribution in [0.25, 0.3) is 0 Å². The first-order valence-corrected chi connectivity index (χ1v) is 8.30. The summed E-state index contributed by atoms with van der Waals surface area (Å²) >= 11 is 0. The van der Waals surface area contributed by atoms with Gasteiger partial charge < -0.3 is 14.7 Å². The van der Waals surface area contributed by atoms with Crippen molar-refractivity contribution in [3.63, 3.8) is 0 Å². The highest BCUT2D eigenvalue weighted by Crippen LogP contribution is 2.37. The van der Waals surface area contributed by atoms with Crippen LogP contribution in [0, 0.1) is 0 Å². The minimum absolute atomic E-state index is 0.0285. The van der Waals surface area contributed by atoms with E-state index in [2.05, 4.69) is 24.1 Å². The second kappa shape index (κ2) is 6.32. The number of likely N-dealkylation sites (N-methyl/N-ethyl adjacent to an activating group) is 1. The number of likely N-dealkylation sites (tertiary alicyclic amines) is 1. The van der Waals surface area contributed by atoms with Crippen LogP contribution in [0.2, 0.25) is 0 Å². The molecule has 0 atom stereocenters. The third-order valence-electron chi connectivity index (χ3n) is 5.32. The van der Waals surface area contributed by atoms with E-state index in [0.717, 1.165) is 31.5 Å². The lowest BCUT2D eigenvalue weighted by molar-refractivity contribution is -0.149. The van der Waals surface area contributed by atoms with Gasteiger partial charge in [0, 0.05) is 20.1 Å². The molecule has 5 heteroatoms. The molecule has 3 rings (SSSR count). The summed E-state index contributed by atoms with van der Waals surface area (Å²) < 4.78 is 0. The van der Waals surface area contributed by atoms with Crippen LogP contribution in [0.3, 0.4) is 0 Å². The van der Waals surface area contributed by atoms with Crippen molar-refractivity contribution in [2.45, 2.75) is 18.3 Å². The number of piperidine rings is 1. The van der Waals surface area contributed by atoms with E-state index in [9.17, 15) is 9.59 Å². The molecule has 1 aromatic rings. The second-order valence-electron chi connectivity index (χ2n) is 6.79. The van der Waals surface area contributed by atoms with Crippen molar-refractivity contribution >= 4 is 11.8 Å². The van der Waals surface area contributed by atoms with Gasteiger partial charge in [0.2, 0.25) is 11.8 Å². The zero-order chi connectivity index (χ0) is 16.4. The van der Waals surface area contributed by atoms with Crippen molar-refractivity contribution in [2.24, 2.45) is 0 Å². The molecule has 0 saturated carbocycles. The fourth-order valence-electron chi connectivity index (χ4n) is 3.62. The average Bonchev–Trinajstić information content (AvgIpc) is 2.58. The van der Waals surface area contributed by atoms with Crippen molar-refractivity contribution in [1.82, 2.24) is 14.7 Å². The van der Waals surface area contributed by atoms with Crippen LogP contribution in [-0.2, 0) is 15.0 Å². The molecule has 0 radical (unpaired) electrons. The molecule has 0 bridgehead atoms. The van der Waals surface area contributed by atoms with E-state index in [1.807, 2.05) is 18.2 Å². The SMILES string of the molecule is CN1CCC(C(=O)N2CCN(C)C(=O)C2)(c2ccccc2)CC1. The highest BCUT2D eigenvalue weighted by molar-refractivity contribution is 5.92. The highest BCUT2D eigenvalue weighted by atomic mass is 16.2. The number of hydrogen-bond donors (Lipinski definition) is 0. The molecule has 2 amide bonds. The van der Waals surface area contributed by atoms with Gasteiger partial charge in [-0.15, -0.1) is 0 Å². The molecule has 0 unspecified atom stereocenters. The molecule has 0 N–H and O–H groups in total. The molecule has 0 aromatic heterocycles. The smallest absolute Gasteiger partial charge is 0.241 e. The quantitative estimate of drug-likeness (QED) is 0.816. The molecule has 0 spiro atoms. The Morgan fingerprint density at radius 3 is 2.26 bits per heavy atom. The molecule has 2 fully saturated rings. The molecular formula is C18H25N3O2. The molecule has 1 aromatic carbocycles. The normalized spacial score (nSPS) is 22.3. The number of benzene rings is 1. The third kappa shape index (κ3) is 2.98. The Bertz CT molecular complexity index is 579. The first-order chi connectivity index (χ1) is 11.0. The van der Waals surface area contributed by atoms with Crippen LogP contribution in [0.1, 0.15) is 18.4 Å². The standard InChI is InChI=1S/C18H25N3O2/c1-19-10-8-18(9-11-19,15-6-4-3-5-7-15)17(23)21-13-12-20(2)16(22)14-21/h3-7H,8-14H2,1-2H3. The number of hydrogen-bond acceptors (Lipinski definition) is 3. The minimum Gasteiger partial charge on any atom is -0.342 e. The van der Waals surface area contributed by atoms with E-state index < -0.39 is 5.41 Å². The van der Waals surface area contributed by atoms with Crippen molar-refractivity contribution in [3.8, 4) is 0 Å². The van der Waals surface area contributed by atoms with E-state index in [0.29, 0.717) is 13.1 Å². The van der Waals surface area contributed by atoms with Crippen LogP contribution >= 0.6 is 0 Å². The molecule has 5 nitrogen and oxygen atoms in total. The summed E-state index contributed by atoms with van der Waals surface area (Å²) in [6, 6.07) is 10.1. The van der Waals surface area contributed by atoms with Gasteiger partial charge in [0.05, 0.1) is 12.0 Å². The highest BCUT2D eigenvalue weighted by Gasteiger charge is 2.45. The largest absolute Gasteiger partial charge is 0.342 e. The first-order valence-electron chi connectivity index (χ1n) is 8.30. The maximum Gasteiger partial charge on any atom is 0.241 e. The Morgan fingerprint density at radius 2 is 1.65 bits per heavy atom. The third-order valence-corrected chi connectivity index (χ3v) is 5.32. The lowest BCUT2D eigenvalue weighted by Crippen LogP contribution is -2.58. The average molecular weight is 315 g/mol. The molecule has 124 valence electrons. The maximum atomic E-state index is 13.4. The molecule has 0 aliphatic carbocycles. The number of rotatable bonds is 2. The molecule has 2 aliphatic rings. The van der Waals surface area contributed by atoms with E-state index in [-0.39, 0.29) is 18.4 Å². The van der Waals surface area contributed by atoms with Crippen LogP contribution < -0.4 is 0 Å².